The zero-order chi connectivity index (χ0) is 18.3. The smallest absolute Gasteiger partial charge is 0.240 e. The predicted octanol–water partition coefficient (Wildman–Crippen LogP) is 4.47. The second kappa shape index (κ2) is 5.40. The van der Waals surface area contributed by atoms with E-state index in [2.05, 4.69) is 4.85 Å². The monoisotopic (exact) mass is 362 g/mol. The van der Waals surface area contributed by atoms with Gasteiger partial charge in [-0.05, 0) is 43.5 Å². The molecule has 2 bridgehead atoms. The third-order valence-electron chi connectivity index (χ3n) is 6.45. The Kier molecular flexibility index (Phi) is 3.54. The lowest BCUT2D eigenvalue weighted by atomic mass is 9.69. The fourth-order valence-electron chi connectivity index (χ4n) is 5.27. The van der Waals surface area contributed by atoms with E-state index in [0.29, 0.717) is 11.4 Å². The number of hydrogen-bond acceptors (Lipinski definition) is 3. The van der Waals surface area contributed by atoms with Gasteiger partial charge in [0.2, 0.25) is 11.8 Å². The molecular weight excluding hydrogens is 340 g/mol. The van der Waals surface area contributed by atoms with E-state index in [1.807, 2.05) is 38.1 Å². The third-order valence-corrected chi connectivity index (χ3v) is 6.45. The molecule has 3 unspecified atom stereocenters. The van der Waals surface area contributed by atoms with Crippen LogP contribution in [0.1, 0.15) is 34.1 Å². The molecule has 4 atom stereocenters. The van der Waals surface area contributed by atoms with Gasteiger partial charge in [0, 0.05) is 0 Å². The summed E-state index contributed by atoms with van der Waals surface area (Å²) in [5, 5.41) is 1.51. The minimum absolute atomic E-state index is 0. The maximum atomic E-state index is 13.3. The van der Waals surface area contributed by atoms with Crippen molar-refractivity contribution >= 4 is 34.0 Å². The number of anilines is 1. The van der Waals surface area contributed by atoms with Crippen molar-refractivity contribution in [3.63, 3.8) is 0 Å². The van der Waals surface area contributed by atoms with Crippen molar-refractivity contribution in [1.29, 1.82) is 0 Å². The lowest BCUT2D eigenvalue weighted by Gasteiger charge is -2.27. The number of carbonyl (C=O) groups excluding carboxylic acids is 2. The number of imide groups is 1. The number of amides is 2. The first-order chi connectivity index (χ1) is 12.4. The van der Waals surface area contributed by atoms with Crippen LogP contribution in [-0.2, 0) is 14.3 Å². The zero-order valence-electron chi connectivity index (χ0n) is 14.7. The lowest BCUT2D eigenvalue weighted by Crippen LogP contribution is -2.40. The average molecular weight is 362 g/mol. The normalized spacial score (nSPS) is 33.9. The molecule has 0 aromatic heterocycles. The fraction of sp³-hybridized carbons (Fsp3) is 0.409. The van der Waals surface area contributed by atoms with Gasteiger partial charge < -0.3 is 4.74 Å². The van der Waals surface area contributed by atoms with E-state index in [-0.39, 0.29) is 19.2 Å². The van der Waals surface area contributed by atoms with Crippen LogP contribution in [0.25, 0.3) is 15.6 Å². The van der Waals surface area contributed by atoms with Crippen LogP contribution in [-0.4, -0.2) is 23.0 Å². The van der Waals surface area contributed by atoms with Gasteiger partial charge in [0.1, 0.15) is 0 Å². The second-order valence-electron chi connectivity index (χ2n) is 7.96. The molecule has 2 aromatic rings. The Labute approximate surface area is 158 Å². The van der Waals surface area contributed by atoms with Crippen LogP contribution < -0.4 is 4.90 Å². The molecule has 3 aliphatic heterocycles. The van der Waals surface area contributed by atoms with Gasteiger partial charge in [0.05, 0.1) is 35.3 Å². The standard InChI is InChI=1S/C21H18N2O3.CH4/c1-20-10-11-21(2,26-20)17-16(20)18(24)23(19(17)25)15-9-8-14(22-3)12-6-4-5-7-13(12)15;/h4-9,16-17H,10-11H2,1-2H3;1H4/t16-,17?,20?,21?;/m1./s1. The van der Waals surface area contributed by atoms with Gasteiger partial charge in [-0.3, -0.25) is 9.59 Å². The molecule has 27 heavy (non-hydrogen) atoms. The molecule has 0 radical (unpaired) electrons. The molecule has 2 amide bonds. The Morgan fingerprint density at radius 3 is 2.11 bits per heavy atom. The summed E-state index contributed by atoms with van der Waals surface area (Å²) in [5.74, 6) is -1.20. The highest BCUT2D eigenvalue weighted by molar-refractivity contribution is 6.26. The molecule has 3 saturated heterocycles. The van der Waals surface area contributed by atoms with Crippen LogP contribution in [0.3, 0.4) is 0 Å². The number of carbonyl (C=O) groups is 2. The molecule has 5 heteroatoms. The van der Waals surface area contributed by atoms with Crippen molar-refractivity contribution in [3.8, 4) is 0 Å². The Bertz CT molecular complexity index is 1010. The predicted molar refractivity (Wildman–Crippen MR) is 104 cm³/mol. The number of nitrogens with zero attached hydrogens (tertiary/aromatic N) is 2. The summed E-state index contributed by atoms with van der Waals surface area (Å²) in [5.41, 5.74) is -0.0321. The SMILES string of the molecule is C.[C-]#[N+]c1ccc(N2C(=O)C3[C@H](C2=O)C2(C)CCC3(C)O2)c2ccccc12. The minimum atomic E-state index is -0.562. The summed E-state index contributed by atoms with van der Waals surface area (Å²) >= 11 is 0. The molecule has 5 rings (SSSR count). The molecule has 0 N–H and O–H groups in total. The summed E-state index contributed by atoms with van der Waals surface area (Å²) < 4.78 is 6.16. The summed E-state index contributed by atoms with van der Waals surface area (Å²) in [4.78, 5) is 31.5. The molecule has 0 aliphatic carbocycles. The van der Waals surface area contributed by atoms with Crippen LogP contribution in [0.4, 0.5) is 11.4 Å². The van der Waals surface area contributed by atoms with Crippen molar-refractivity contribution in [1.82, 2.24) is 0 Å². The molecule has 3 heterocycles. The molecule has 3 aliphatic rings. The molecule has 138 valence electrons. The fourth-order valence-corrected chi connectivity index (χ4v) is 5.27. The topological polar surface area (TPSA) is 51.0 Å². The van der Waals surface area contributed by atoms with Crippen LogP contribution >= 0.6 is 0 Å². The first-order valence-corrected chi connectivity index (χ1v) is 8.87. The van der Waals surface area contributed by atoms with Crippen LogP contribution in [0.15, 0.2) is 36.4 Å². The first kappa shape index (κ1) is 17.7. The van der Waals surface area contributed by atoms with Gasteiger partial charge in [0.15, 0.2) is 5.69 Å². The van der Waals surface area contributed by atoms with Crippen molar-refractivity contribution in [2.45, 2.75) is 45.3 Å². The Hall–Kier alpha value is -2.71. The van der Waals surface area contributed by atoms with Gasteiger partial charge in [-0.15, -0.1) is 0 Å². The minimum Gasteiger partial charge on any atom is -0.367 e. The number of fused-ring (bicyclic) bond motifs is 6. The van der Waals surface area contributed by atoms with E-state index >= 15 is 0 Å². The lowest BCUT2D eigenvalue weighted by molar-refractivity contribution is -0.129. The van der Waals surface area contributed by atoms with Crippen LogP contribution in [0, 0.1) is 18.4 Å². The summed E-state index contributed by atoms with van der Waals surface area (Å²) in [6.45, 7) is 11.3. The van der Waals surface area contributed by atoms with Gasteiger partial charge in [-0.2, -0.15) is 0 Å². The van der Waals surface area contributed by atoms with Gasteiger partial charge in [-0.1, -0.05) is 37.8 Å². The quantitative estimate of drug-likeness (QED) is 0.555. The van der Waals surface area contributed by atoms with E-state index in [4.69, 9.17) is 11.3 Å². The number of hydrogen-bond donors (Lipinski definition) is 0. The zero-order valence-corrected chi connectivity index (χ0v) is 14.7. The third kappa shape index (κ3) is 2.02. The molecule has 0 spiro atoms. The van der Waals surface area contributed by atoms with E-state index in [0.717, 1.165) is 23.6 Å². The maximum absolute atomic E-state index is 13.3. The molecule has 0 saturated carbocycles. The maximum Gasteiger partial charge on any atom is 0.240 e. The molecular formula is C22H22N2O3. The molecule has 2 aromatic carbocycles. The Morgan fingerprint density at radius 2 is 1.56 bits per heavy atom. The largest absolute Gasteiger partial charge is 0.367 e. The highest BCUT2D eigenvalue weighted by Crippen LogP contribution is 2.61. The van der Waals surface area contributed by atoms with E-state index in [9.17, 15) is 9.59 Å². The van der Waals surface area contributed by atoms with Gasteiger partial charge in [0.25, 0.3) is 0 Å². The van der Waals surface area contributed by atoms with Gasteiger partial charge >= 0.3 is 0 Å². The highest BCUT2D eigenvalue weighted by Gasteiger charge is 2.72. The summed E-state index contributed by atoms with van der Waals surface area (Å²) in [6, 6.07) is 10.9. The molecule has 3 fully saturated rings. The number of ether oxygens (including phenoxy) is 1. The number of benzene rings is 2. The average Bonchev–Trinajstić information content (AvgIpc) is 3.18. The Morgan fingerprint density at radius 1 is 1.00 bits per heavy atom. The van der Waals surface area contributed by atoms with Crippen molar-refractivity contribution < 1.29 is 14.3 Å². The first-order valence-electron chi connectivity index (χ1n) is 8.87. The summed E-state index contributed by atoms with van der Waals surface area (Å²) in [7, 11) is 0. The summed E-state index contributed by atoms with van der Waals surface area (Å²) in [6.07, 6.45) is 1.60. The second-order valence-corrected chi connectivity index (χ2v) is 7.96. The Balaban J connectivity index is 0.00000180. The van der Waals surface area contributed by atoms with Crippen molar-refractivity contribution in [3.05, 3.63) is 47.8 Å². The van der Waals surface area contributed by atoms with Gasteiger partial charge in [-0.25, -0.2) is 9.74 Å². The molecule has 5 nitrogen and oxygen atoms in total. The van der Waals surface area contributed by atoms with Crippen LogP contribution in [0.2, 0.25) is 0 Å². The van der Waals surface area contributed by atoms with Crippen molar-refractivity contribution in [2.24, 2.45) is 11.8 Å². The van der Waals surface area contributed by atoms with Crippen LogP contribution in [0.5, 0.6) is 0 Å². The van der Waals surface area contributed by atoms with E-state index < -0.39 is 23.0 Å². The number of rotatable bonds is 1. The highest BCUT2D eigenvalue weighted by atomic mass is 16.5. The van der Waals surface area contributed by atoms with E-state index in [1.54, 1.807) is 12.1 Å². The van der Waals surface area contributed by atoms with E-state index in [1.165, 1.54) is 4.90 Å². The van der Waals surface area contributed by atoms with Crippen molar-refractivity contribution in [2.75, 3.05) is 4.90 Å².